The molecule has 0 aromatic rings. The molecule has 0 spiro atoms. The number of carbonyl (C=O) groups is 3. The first kappa shape index (κ1) is 14.6. The molecule has 112 valence electrons. The van der Waals surface area contributed by atoms with Gasteiger partial charge in [-0.1, -0.05) is 12.8 Å². The average Bonchev–Trinajstić information content (AvgIpc) is 2.85. The predicted octanol–water partition coefficient (Wildman–Crippen LogP) is 0.876. The Balaban J connectivity index is 2.37. The first-order chi connectivity index (χ1) is 9.19. The maximum absolute atomic E-state index is 13.2. The minimum atomic E-state index is -5.11. The number of hydrogen-bond donors (Lipinski definition) is 2. The summed E-state index contributed by atoms with van der Waals surface area (Å²) in [6, 6.07) is -1.66. The summed E-state index contributed by atoms with van der Waals surface area (Å²) in [6.07, 6.45) is -2.65. The maximum Gasteiger partial charge on any atom is 0.440 e. The van der Waals surface area contributed by atoms with Crippen molar-refractivity contribution in [3.63, 3.8) is 0 Å². The number of urea groups is 1. The molecule has 0 aromatic heterocycles. The van der Waals surface area contributed by atoms with Gasteiger partial charge in [0.15, 0.2) is 0 Å². The van der Waals surface area contributed by atoms with E-state index in [4.69, 9.17) is 0 Å². The molecule has 0 radical (unpaired) electrons. The highest BCUT2D eigenvalue weighted by Gasteiger charge is 2.69. The van der Waals surface area contributed by atoms with Crippen LogP contribution in [0, 0.1) is 0 Å². The van der Waals surface area contributed by atoms with Gasteiger partial charge in [-0.05, 0) is 12.8 Å². The van der Waals surface area contributed by atoms with Crippen molar-refractivity contribution in [2.24, 2.45) is 0 Å². The number of alkyl halides is 3. The molecule has 1 saturated carbocycles. The van der Waals surface area contributed by atoms with Crippen molar-refractivity contribution in [3.8, 4) is 0 Å². The number of nitrogens with zero attached hydrogens (tertiary/aromatic N) is 1. The van der Waals surface area contributed by atoms with Crippen LogP contribution in [0.15, 0.2) is 0 Å². The standard InChI is InChI=1S/C11H14F3N3O3/c1-6(18)15-10(11(12,13)14)8(19)17(9(20)16-10)7-4-2-3-5-7/h7H,2-5H2,1H3,(H,15,18)(H,16,20)/t10-/m0/s1. The Morgan fingerprint density at radius 1 is 1.35 bits per heavy atom. The van der Waals surface area contributed by atoms with Crippen LogP contribution in [0.2, 0.25) is 0 Å². The lowest BCUT2D eigenvalue weighted by atomic mass is 10.1. The van der Waals surface area contributed by atoms with Crippen molar-refractivity contribution in [1.82, 2.24) is 15.5 Å². The average molecular weight is 293 g/mol. The Hall–Kier alpha value is -1.80. The van der Waals surface area contributed by atoms with E-state index in [1.165, 1.54) is 0 Å². The molecule has 1 aliphatic carbocycles. The van der Waals surface area contributed by atoms with Gasteiger partial charge in [0, 0.05) is 13.0 Å². The quantitative estimate of drug-likeness (QED) is 0.742. The summed E-state index contributed by atoms with van der Waals surface area (Å²) in [4.78, 5) is 35.5. The Morgan fingerprint density at radius 3 is 2.35 bits per heavy atom. The molecule has 1 atom stereocenters. The number of carbonyl (C=O) groups excluding carboxylic acids is 3. The molecule has 2 aliphatic rings. The summed E-state index contributed by atoms with van der Waals surface area (Å²) >= 11 is 0. The highest BCUT2D eigenvalue weighted by Crippen LogP contribution is 2.36. The summed E-state index contributed by atoms with van der Waals surface area (Å²) < 4.78 is 39.6. The number of hydrogen-bond acceptors (Lipinski definition) is 3. The molecule has 0 bridgehead atoms. The van der Waals surface area contributed by atoms with Gasteiger partial charge < -0.3 is 5.32 Å². The van der Waals surface area contributed by atoms with Crippen LogP contribution in [0.1, 0.15) is 32.6 Å². The lowest BCUT2D eigenvalue weighted by molar-refractivity contribution is -0.204. The zero-order chi connectivity index (χ0) is 15.1. The smallest absolute Gasteiger partial charge is 0.318 e. The predicted molar refractivity (Wildman–Crippen MR) is 60.2 cm³/mol. The van der Waals surface area contributed by atoms with E-state index in [9.17, 15) is 27.6 Å². The Morgan fingerprint density at radius 2 is 1.90 bits per heavy atom. The van der Waals surface area contributed by atoms with E-state index in [-0.39, 0.29) is 0 Å². The van der Waals surface area contributed by atoms with Gasteiger partial charge in [-0.15, -0.1) is 0 Å². The fraction of sp³-hybridized carbons (Fsp3) is 0.727. The van der Waals surface area contributed by atoms with Crippen LogP contribution >= 0.6 is 0 Å². The van der Waals surface area contributed by atoms with Crippen molar-refractivity contribution < 1.29 is 27.6 Å². The maximum atomic E-state index is 13.2. The van der Waals surface area contributed by atoms with Crippen LogP contribution in [0.4, 0.5) is 18.0 Å². The van der Waals surface area contributed by atoms with Crippen molar-refractivity contribution in [2.75, 3.05) is 0 Å². The zero-order valence-electron chi connectivity index (χ0n) is 10.7. The van der Waals surface area contributed by atoms with Crippen LogP contribution in [0.3, 0.4) is 0 Å². The highest BCUT2D eigenvalue weighted by atomic mass is 19.4. The fourth-order valence-corrected chi connectivity index (χ4v) is 2.65. The second-order valence-corrected chi connectivity index (χ2v) is 4.97. The Bertz CT molecular complexity index is 460. The van der Waals surface area contributed by atoms with E-state index < -0.39 is 35.7 Å². The molecule has 1 aliphatic heterocycles. The van der Waals surface area contributed by atoms with Gasteiger partial charge in [0.1, 0.15) is 0 Å². The third kappa shape index (κ3) is 2.10. The van der Waals surface area contributed by atoms with Crippen molar-refractivity contribution in [1.29, 1.82) is 0 Å². The van der Waals surface area contributed by atoms with Gasteiger partial charge in [-0.3, -0.25) is 19.8 Å². The molecule has 4 amide bonds. The van der Waals surface area contributed by atoms with Crippen LogP contribution < -0.4 is 10.6 Å². The molecular formula is C11H14F3N3O3. The zero-order valence-corrected chi connectivity index (χ0v) is 10.7. The fourth-order valence-electron chi connectivity index (χ4n) is 2.65. The molecule has 9 heteroatoms. The van der Waals surface area contributed by atoms with Gasteiger partial charge in [0.2, 0.25) is 5.91 Å². The van der Waals surface area contributed by atoms with Gasteiger partial charge in [-0.2, -0.15) is 13.2 Å². The SMILES string of the molecule is CC(=O)N[C@]1(C(F)(F)F)NC(=O)N(C2CCCC2)C1=O. The van der Waals surface area contributed by atoms with Gasteiger partial charge in [-0.25, -0.2) is 4.79 Å². The second-order valence-electron chi connectivity index (χ2n) is 4.97. The van der Waals surface area contributed by atoms with Crippen molar-refractivity contribution in [3.05, 3.63) is 0 Å². The van der Waals surface area contributed by atoms with Crippen molar-refractivity contribution in [2.45, 2.75) is 50.5 Å². The van der Waals surface area contributed by atoms with E-state index in [0.29, 0.717) is 17.7 Å². The second kappa shape index (κ2) is 4.64. The van der Waals surface area contributed by atoms with E-state index in [0.717, 1.165) is 19.8 Å². The molecule has 1 heterocycles. The van der Waals surface area contributed by atoms with Gasteiger partial charge in [0.05, 0.1) is 0 Å². The summed E-state index contributed by atoms with van der Waals surface area (Å²) in [5.41, 5.74) is -3.35. The van der Waals surface area contributed by atoms with Crippen LogP contribution in [-0.4, -0.2) is 40.6 Å². The Kier molecular flexibility index (Phi) is 3.39. The van der Waals surface area contributed by atoms with Gasteiger partial charge in [0.25, 0.3) is 11.6 Å². The molecule has 1 saturated heterocycles. The lowest BCUT2D eigenvalue weighted by Crippen LogP contribution is -2.69. The minimum Gasteiger partial charge on any atom is -0.318 e. The molecular weight excluding hydrogens is 279 g/mol. The number of imide groups is 1. The normalized spacial score (nSPS) is 27.9. The highest BCUT2D eigenvalue weighted by molar-refractivity contribution is 6.09. The number of amides is 4. The topological polar surface area (TPSA) is 78.5 Å². The molecule has 2 fully saturated rings. The van der Waals surface area contributed by atoms with Crippen molar-refractivity contribution >= 4 is 17.8 Å². The Labute approximate surface area is 112 Å². The largest absolute Gasteiger partial charge is 0.440 e. The number of rotatable bonds is 2. The third-order valence-electron chi connectivity index (χ3n) is 3.53. The third-order valence-corrected chi connectivity index (χ3v) is 3.53. The lowest BCUT2D eigenvalue weighted by Gasteiger charge is -2.30. The molecule has 20 heavy (non-hydrogen) atoms. The first-order valence-electron chi connectivity index (χ1n) is 6.20. The van der Waals surface area contributed by atoms with Crippen LogP contribution in [0.25, 0.3) is 0 Å². The molecule has 0 aromatic carbocycles. The summed E-state index contributed by atoms with van der Waals surface area (Å²) in [7, 11) is 0. The van der Waals surface area contributed by atoms with E-state index in [1.807, 2.05) is 0 Å². The van der Waals surface area contributed by atoms with E-state index in [2.05, 4.69) is 0 Å². The van der Waals surface area contributed by atoms with Crippen LogP contribution in [-0.2, 0) is 9.59 Å². The molecule has 2 rings (SSSR count). The minimum absolute atomic E-state index is 0.479. The molecule has 0 unspecified atom stereocenters. The van der Waals surface area contributed by atoms with E-state index in [1.54, 1.807) is 10.6 Å². The number of halogens is 3. The summed E-state index contributed by atoms with van der Waals surface area (Å²) in [5, 5.41) is 3.14. The number of nitrogens with one attached hydrogen (secondary N) is 2. The molecule has 6 nitrogen and oxygen atoms in total. The summed E-state index contributed by atoms with van der Waals surface area (Å²) in [6.45, 7) is 0.852. The summed E-state index contributed by atoms with van der Waals surface area (Å²) in [5.74, 6) is -2.51. The monoisotopic (exact) mass is 293 g/mol. The van der Waals surface area contributed by atoms with Gasteiger partial charge >= 0.3 is 12.2 Å². The molecule has 2 N–H and O–H groups in total. The van der Waals surface area contributed by atoms with E-state index >= 15 is 0 Å². The van der Waals surface area contributed by atoms with Crippen LogP contribution in [0.5, 0.6) is 0 Å². The first-order valence-corrected chi connectivity index (χ1v) is 6.20.